The van der Waals surface area contributed by atoms with Crippen molar-refractivity contribution in [2.24, 2.45) is 0 Å². The van der Waals surface area contributed by atoms with Crippen LogP contribution < -0.4 is 5.32 Å². The number of hydrogen-bond donors (Lipinski definition) is 1. The lowest BCUT2D eigenvalue weighted by Crippen LogP contribution is -2.56. The fourth-order valence-electron chi connectivity index (χ4n) is 2.28. The van der Waals surface area contributed by atoms with Gasteiger partial charge < -0.3 is 5.32 Å². The van der Waals surface area contributed by atoms with Gasteiger partial charge in [0.05, 0.1) is 0 Å². The standard InChI is InChI=1S/C13H21N3O2S/c1-11-9-14-13(12-7-5-4-6-8-12)10-16(11)19(17,18)15(2)3/h4-8,11,13-14H,9-10H2,1-3H3. The van der Waals surface area contributed by atoms with Crippen LogP contribution in [-0.4, -0.2) is 50.3 Å². The van der Waals surface area contributed by atoms with Crippen LogP contribution in [0.4, 0.5) is 0 Å². The molecule has 2 unspecified atom stereocenters. The molecule has 0 spiro atoms. The maximum Gasteiger partial charge on any atom is 0.281 e. The summed E-state index contributed by atoms with van der Waals surface area (Å²) in [5.74, 6) is 0. The average Bonchev–Trinajstić information content (AvgIpc) is 2.40. The van der Waals surface area contributed by atoms with Crippen LogP contribution in [0, 0.1) is 0 Å². The van der Waals surface area contributed by atoms with Crippen LogP contribution in [0.15, 0.2) is 30.3 Å². The Morgan fingerprint density at radius 1 is 1.26 bits per heavy atom. The van der Waals surface area contributed by atoms with E-state index in [-0.39, 0.29) is 12.1 Å². The van der Waals surface area contributed by atoms with Gasteiger partial charge in [-0.3, -0.25) is 0 Å². The summed E-state index contributed by atoms with van der Waals surface area (Å²) >= 11 is 0. The SMILES string of the molecule is CC1CNC(c2ccccc2)CN1S(=O)(=O)N(C)C. The van der Waals surface area contributed by atoms with E-state index in [0.29, 0.717) is 13.1 Å². The van der Waals surface area contributed by atoms with Crippen molar-refractivity contribution in [2.45, 2.75) is 19.0 Å². The Hall–Kier alpha value is -0.950. The molecule has 0 radical (unpaired) electrons. The van der Waals surface area contributed by atoms with E-state index in [1.54, 1.807) is 18.4 Å². The van der Waals surface area contributed by atoms with Crippen molar-refractivity contribution in [1.82, 2.24) is 13.9 Å². The highest BCUT2D eigenvalue weighted by atomic mass is 32.2. The molecule has 6 heteroatoms. The summed E-state index contributed by atoms with van der Waals surface area (Å²) < 4.78 is 27.4. The van der Waals surface area contributed by atoms with E-state index < -0.39 is 10.2 Å². The molecule has 1 heterocycles. The second kappa shape index (κ2) is 5.58. The lowest BCUT2D eigenvalue weighted by molar-refractivity contribution is 0.227. The summed E-state index contributed by atoms with van der Waals surface area (Å²) in [5, 5.41) is 3.40. The van der Waals surface area contributed by atoms with Gasteiger partial charge in [0.2, 0.25) is 0 Å². The molecule has 19 heavy (non-hydrogen) atoms. The Kier molecular flexibility index (Phi) is 4.25. The predicted molar refractivity (Wildman–Crippen MR) is 76.0 cm³/mol. The number of piperazine rings is 1. The zero-order valence-electron chi connectivity index (χ0n) is 11.6. The summed E-state index contributed by atoms with van der Waals surface area (Å²) in [6, 6.07) is 9.96. The minimum absolute atomic E-state index is 0.0348. The second-order valence-corrected chi connectivity index (χ2v) is 7.18. The number of hydrogen-bond acceptors (Lipinski definition) is 3. The van der Waals surface area contributed by atoms with Gasteiger partial charge in [-0.2, -0.15) is 17.0 Å². The van der Waals surface area contributed by atoms with E-state index in [0.717, 1.165) is 5.56 Å². The lowest BCUT2D eigenvalue weighted by Gasteiger charge is -2.39. The van der Waals surface area contributed by atoms with Crippen molar-refractivity contribution in [2.75, 3.05) is 27.2 Å². The molecule has 5 nitrogen and oxygen atoms in total. The first-order valence-corrected chi connectivity index (χ1v) is 7.80. The topological polar surface area (TPSA) is 52.7 Å². The van der Waals surface area contributed by atoms with Crippen LogP contribution in [0.3, 0.4) is 0 Å². The molecule has 1 aromatic rings. The smallest absolute Gasteiger partial charge is 0.281 e. The normalized spacial score (nSPS) is 25.7. The third-order valence-electron chi connectivity index (χ3n) is 3.47. The van der Waals surface area contributed by atoms with Gasteiger partial charge in [0, 0.05) is 39.3 Å². The van der Waals surface area contributed by atoms with E-state index in [1.165, 1.54) is 4.31 Å². The summed E-state index contributed by atoms with van der Waals surface area (Å²) in [6.07, 6.45) is 0. The first kappa shape index (κ1) is 14.5. The summed E-state index contributed by atoms with van der Waals surface area (Å²) in [5.41, 5.74) is 1.12. The van der Waals surface area contributed by atoms with E-state index in [4.69, 9.17) is 0 Å². The van der Waals surface area contributed by atoms with Crippen LogP contribution in [0.25, 0.3) is 0 Å². The van der Waals surface area contributed by atoms with Crippen molar-refractivity contribution in [1.29, 1.82) is 0 Å². The number of nitrogens with zero attached hydrogens (tertiary/aromatic N) is 2. The Labute approximate surface area is 115 Å². The maximum atomic E-state index is 12.3. The van der Waals surface area contributed by atoms with Crippen LogP contribution in [0.1, 0.15) is 18.5 Å². The molecule has 0 aromatic heterocycles. The zero-order chi connectivity index (χ0) is 14.0. The van der Waals surface area contributed by atoms with E-state index in [2.05, 4.69) is 5.32 Å². The first-order chi connectivity index (χ1) is 8.93. The Bertz CT molecular complexity index is 516. The average molecular weight is 283 g/mol. The summed E-state index contributed by atoms with van der Waals surface area (Å²) in [7, 11) is -0.221. The monoisotopic (exact) mass is 283 g/mol. The fourth-order valence-corrected chi connectivity index (χ4v) is 3.57. The van der Waals surface area contributed by atoms with Crippen molar-refractivity contribution in [3.05, 3.63) is 35.9 Å². The first-order valence-electron chi connectivity index (χ1n) is 6.40. The third-order valence-corrected chi connectivity index (χ3v) is 5.50. The Balaban J connectivity index is 2.22. The Morgan fingerprint density at radius 2 is 1.89 bits per heavy atom. The summed E-state index contributed by atoms with van der Waals surface area (Å²) in [6.45, 7) is 3.05. The highest BCUT2D eigenvalue weighted by molar-refractivity contribution is 7.86. The largest absolute Gasteiger partial charge is 0.307 e. The van der Waals surface area contributed by atoms with Gasteiger partial charge in [-0.1, -0.05) is 30.3 Å². The molecular formula is C13H21N3O2S. The molecule has 2 rings (SSSR count). The van der Waals surface area contributed by atoms with Gasteiger partial charge in [0.15, 0.2) is 0 Å². The number of benzene rings is 1. The third kappa shape index (κ3) is 2.97. The fraction of sp³-hybridized carbons (Fsp3) is 0.538. The predicted octanol–water partition coefficient (Wildman–Crippen LogP) is 0.828. The van der Waals surface area contributed by atoms with Crippen molar-refractivity contribution < 1.29 is 8.42 Å². The van der Waals surface area contributed by atoms with Crippen molar-refractivity contribution in [3.8, 4) is 0 Å². The number of nitrogens with one attached hydrogen (secondary N) is 1. The number of rotatable bonds is 3. The van der Waals surface area contributed by atoms with Gasteiger partial charge >= 0.3 is 0 Å². The molecule has 1 N–H and O–H groups in total. The molecule has 0 saturated carbocycles. The zero-order valence-corrected chi connectivity index (χ0v) is 12.4. The molecule has 106 valence electrons. The minimum Gasteiger partial charge on any atom is -0.307 e. The lowest BCUT2D eigenvalue weighted by atomic mass is 10.0. The van der Waals surface area contributed by atoms with Crippen LogP contribution in [-0.2, 0) is 10.2 Å². The van der Waals surface area contributed by atoms with Crippen LogP contribution >= 0.6 is 0 Å². The Morgan fingerprint density at radius 3 is 2.47 bits per heavy atom. The van der Waals surface area contributed by atoms with Gasteiger partial charge in [-0.15, -0.1) is 0 Å². The van der Waals surface area contributed by atoms with E-state index in [9.17, 15) is 8.42 Å². The van der Waals surface area contributed by atoms with Crippen LogP contribution in [0.5, 0.6) is 0 Å². The molecule has 2 atom stereocenters. The van der Waals surface area contributed by atoms with Crippen molar-refractivity contribution >= 4 is 10.2 Å². The molecular weight excluding hydrogens is 262 g/mol. The van der Waals surface area contributed by atoms with Gasteiger partial charge in [-0.25, -0.2) is 0 Å². The molecule has 0 aliphatic carbocycles. The maximum absolute atomic E-state index is 12.3. The highest BCUT2D eigenvalue weighted by Crippen LogP contribution is 2.22. The molecule has 1 aromatic carbocycles. The second-order valence-electron chi connectivity index (χ2n) is 5.08. The molecule has 0 bridgehead atoms. The highest BCUT2D eigenvalue weighted by Gasteiger charge is 2.35. The molecule has 1 fully saturated rings. The molecule has 1 saturated heterocycles. The van der Waals surface area contributed by atoms with E-state index in [1.807, 2.05) is 37.3 Å². The van der Waals surface area contributed by atoms with Crippen LogP contribution in [0.2, 0.25) is 0 Å². The van der Waals surface area contributed by atoms with Gasteiger partial charge in [-0.05, 0) is 12.5 Å². The molecule has 1 aliphatic rings. The summed E-state index contributed by atoms with van der Waals surface area (Å²) in [4.78, 5) is 0. The molecule has 1 aliphatic heterocycles. The quantitative estimate of drug-likeness (QED) is 0.894. The van der Waals surface area contributed by atoms with Gasteiger partial charge in [0.1, 0.15) is 0 Å². The van der Waals surface area contributed by atoms with Crippen molar-refractivity contribution in [3.63, 3.8) is 0 Å². The van der Waals surface area contributed by atoms with Gasteiger partial charge in [0.25, 0.3) is 10.2 Å². The van der Waals surface area contributed by atoms with E-state index >= 15 is 0 Å². The molecule has 0 amide bonds. The minimum atomic E-state index is -3.36.